The van der Waals surface area contributed by atoms with Crippen LogP contribution < -0.4 is 5.32 Å². The fraction of sp³-hybridized carbons (Fsp3) is 0.333. The summed E-state index contributed by atoms with van der Waals surface area (Å²) in [5, 5.41) is 3.01. The topological polar surface area (TPSA) is 55.4 Å². The molecule has 2 aromatic rings. The molecule has 2 atom stereocenters. The number of esters is 1. The molecule has 1 N–H and O–H groups in total. The zero-order chi connectivity index (χ0) is 18.2. The second-order valence-electron chi connectivity index (χ2n) is 7.01. The van der Waals surface area contributed by atoms with E-state index in [0.717, 1.165) is 22.3 Å². The van der Waals surface area contributed by atoms with Crippen LogP contribution >= 0.6 is 0 Å². The van der Waals surface area contributed by atoms with Crippen molar-refractivity contribution >= 4 is 11.9 Å². The molecule has 0 saturated heterocycles. The van der Waals surface area contributed by atoms with Crippen LogP contribution in [0.5, 0.6) is 0 Å². The highest BCUT2D eigenvalue weighted by Crippen LogP contribution is 2.29. The number of hydrogen-bond donors (Lipinski definition) is 1. The minimum Gasteiger partial charge on any atom is -0.445 e. The van der Waals surface area contributed by atoms with Crippen molar-refractivity contribution in [2.75, 3.05) is 0 Å². The summed E-state index contributed by atoms with van der Waals surface area (Å²) in [6, 6.07) is 13.3. The molecule has 2 aromatic carbocycles. The number of carbonyl (C=O) groups excluding carboxylic acids is 2. The summed E-state index contributed by atoms with van der Waals surface area (Å²) in [6.45, 7) is 7.67. The van der Waals surface area contributed by atoms with Crippen molar-refractivity contribution in [2.45, 2.75) is 45.8 Å². The molecule has 0 spiro atoms. The SMILES string of the molecule is Cc1ccc(C)c([C@H](C)NC(=O)[C@]2(C)Cc3ccccc3C(=O)O2)c1. The van der Waals surface area contributed by atoms with Gasteiger partial charge >= 0.3 is 5.97 Å². The standard InChI is InChI=1S/C21H23NO3/c1-13-9-10-14(2)18(11-13)15(3)22-20(24)21(4)12-16-7-5-6-8-17(16)19(23)25-21/h5-11,15H,12H2,1-4H3,(H,22,24)/t15-,21-/m0/s1. The summed E-state index contributed by atoms with van der Waals surface area (Å²) in [5.41, 5.74) is 3.52. The van der Waals surface area contributed by atoms with Crippen LogP contribution in [-0.4, -0.2) is 17.5 Å². The van der Waals surface area contributed by atoms with E-state index in [-0.39, 0.29) is 11.9 Å². The van der Waals surface area contributed by atoms with Crippen molar-refractivity contribution in [1.82, 2.24) is 5.32 Å². The van der Waals surface area contributed by atoms with Crippen LogP contribution in [0.4, 0.5) is 0 Å². The van der Waals surface area contributed by atoms with Crippen LogP contribution in [0.1, 0.15) is 52.5 Å². The number of ether oxygens (including phenoxy) is 1. The van der Waals surface area contributed by atoms with Gasteiger partial charge in [0.15, 0.2) is 5.60 Å². The Morgan fingerprint density at radius 1 is 1.20 bits per heavy atom. The smallest absolute Gasteiger partial charge is 0.339 e. The quantitative estimate of drug-likeness (QED) is 0.870. The molecule has 1 aliphatic rings. The molecule has 1 heterocycles. The predicted octanol–water partition coefficient (Wildman–Crippen LogP) is 3.65. The summed E-state index contributed by atoms with van der Waals surface area (Å²) in [5.74, 6) is -0.720. The van der Waals surface area contributed by atoms with Crippen molar-refractivity contribution in [1.29, 1.82) is 0 Å². The second-order valence-corrected chi connectivity index (χ2v) is 7.01. The summed E-state index contributed by atoms with van der Waals surface area (Å²) in [7, 11) is 0. The molecule has 0 bridgehead atoms. The minimum absolute atomic E-state index is 0.167. The van der Waals surface area contributed by atoms with Gasteiger partial charge < -0.3 is 10.1 Å². The Morgan fingerprint density at radius 3 is 2.68 bits per heavy atom. The zero-order valence-electron chi connectivity index (χ0n) is 15.1. The highest BCUT2D eigenvalue weighted by Gasteiger charge is 2.43. The number of benzene rings is 2. The van der Waals surface area contributed by atoms with Crippen LogP contribution in [0.15, 0.2) is 42.5 Å². The van der Waals surface area contributed by atoms with E-state index in [1.807, 2.05) is 39.0 Å². The third-order valence-corrected chi connectivity index (χ3v) is 4.81. The number of amides is 1. The van der Waals surface area contributed by atoms with E-state index in [2.05, 4.69) is 17.4 Å². The molecule has 0 fully saturated rings. The second kappa shape index (κ2) is 6.36. The lowest BCUT2D eigenvalue weighted by Crippen LogP contribution is -2.52. The van der Waals surface area contributed by atoms with E-state index >= 15 is 0 Å². The van der Waals surface area contributed by atoms with Gasteiger partial charge in [0, 0.05) is 6.42 Å². The summed E-state index contributed by atoms with van der Waals surface area (Å²) < 4.78 is 5.50. The molecule has 1 aliphatic heterocycles. The van der Waals surface area contributed by atoms with Gasteiger partial charge in [-0.3, -0.25) is 4.79 Å². The molecule has 0 radical (unpaired) electrons. The fourth-order valence-electron chi connectivity index (χ4n) is 3.31. The molecular weight excluding hydrogens is 314 g/mol. The normalized spacial score (nSPS) is 20.4. The van der Waals surface area contributed by atoms with Gasteiger partial charge in [-0.25, -0.2) is 4.79 Å². The number of carbonyl (C=O) groups is 2. The lowest BCUT2D eigenvalue weighted by Gasteiger charge is -2.34. The molecule has 130 valence electrons. The highest BCUT2D eigenvalue weighted by atomic mass is 16.6. The van der Waals surface area contributed by atoms with E-state index in [9.17, 15) is 9.59 Å². The van der Waals surface area contributed by atoms with Crippen LogP contribution in [0.2, 0.25) is 0 Å². The van der Waals surface area contributed by atoms with Gasteiger partial charge in [-0.1, -0.05) is 42.0 Å². The highest BCUT2D eigenvalue weighted by molar-refractivity contribution is 5.97. The number of fused-ring (bicyclic) bond motifs is 1. The van der Waals surface area contributed by atoms with E-state index in [1.165, 1.54) is 0 Å². The molecular formula is C21H23NO3. The Bertz CT molecular complexity index is 843. The zero-order valence-corrected chi connectivity index (χ0v) is 15.1. The first-order chi connectivity index (χ1) is 11.8. The first-order valence-corrected chi connectivity index (χ1v) is 8.49. The molecule has 0 aromatic heterocycles. The number of nitrogens with one attached hydrogen (secondary N) is 1. The molecule has 4 heteroatoms. The largest absolute Gasteiger partial charge is 0.445 e. The maximum Gasteiger partial charge on any atom is 0.339 e. The van der Waals surface area contributed by atoms with Crippen molar-refractivity contribution in [2.24, 2.45) is 0 Å². The average molecular weight is 337 g/mol. The third kappa shape index (κ3) is 3.29. The first-order valence-electron chi connectivity index (χ1n) is 8.49. The van der Waals surface area contributed by atoms with Crippen molar-refractivity contribution in [3.05, 3.63) is 70.3 Å². The minimum atomic E-state index is -1.20. The molecule has 25 heavy (non-hydrogen) atoms. The van der Waals surface area contributed by atoms with Gasteiger partial charge in [0.1, 0.15) is 0 Å². The van der Waals surface area contributed by atoms with Gasteiger partial charge in [0.05, 0.1) is 11.6 Å². The van der Waals surface area contributed by atoms with Crippen LogP contribution in [0.25, 0.3) is 0 Å². The lowest BCUT2D eigenvalue weighted by molar-refractivity contribution is -0.140. The van der Waals surface area contributed by atoms with Gasteiger partial charge in [0.25, 0.3) is 5.91 Å². The molecule has 4 nitrogen and oxygen atoms in total. The number of rotatable bonds is 3. The first kappa shape index (κ1) is 17.2. The van der Waals surface area contributed by atoms with Gasteiger partial charge in [-0.05, 0) is 50.5 Å². The predicted molar refractivity (Wildman–Crippen MR) is 96.4 cm³/mol. The average Bonchev–Trinajstić information content (AvgIpc) is 2.56. The maximum atomic E-state index is 12.9. The molecule has 3 rings (SSSR count). The van der Waals surface area contributed by atoms with Gasteiger partial charge in [0.2, 0.25) is 0 Å². The molecule has 0 saturated carbocycles. The third-order valence-electron chi connectivity index (χ3n) is 4.81. The Hall–Kier alpha value is -2.62. The summed E-state index contributed by atoms with van der Waals surface area (Å²) in [4.78, 5) is 25.1. The number of cyclic esters (lactones) is 1. The monoisotopic (exact) mass is 337 g/mol. The molecule has 0 unspecified atom stereocenters. The summed E-state index contributed by atoms with van der Waals surface area (Å²) >= 11 is 0. The number of aryl methyl sites for hydroxylation is 2. The van der Waals surface area contributed by atoms with E-state index in [1.54, 1.807) is 19.1 Å². The summed E-state index contributed by atoms with van der Waals surface area (Å²) in [6.07, 6.45) is 0.375. The van der Waals surface area contributed by atoms with Crippen molar-refractivity contribution in [3.8, 4) is 0 Å². The fourth-order valence-corrected chi connectivity index (χ4v) is 3.31. The Morgan fingerprint density at radius 2 is 1.92 bits per heavy atom. The molecule has 1 amide bonds. The van der Waals surface area contributed by atoms with E-state index < -0.39 is 11.6 Å². The lowest BCUT2D eigenvalue weighted by atomic mass is 9.89. The van der Waals surface area contributed by atoms with Gasteiger partial charge in [-0.2, -0.15) is 0 Å². The Labute approximate surface area is 148 Å². The number of hydrogen-bond acceptors (Lipinski definition) is 3. The van der Waals surface area contributed by atoms with Crippen LogP contribution in [-0.2, 0) is 16.0 Å². The van der Waals surface area contributed by atoms with Gasteiger partial charge in [-0.15, -0.1) is 0 Å². The molecule has 0 aliphatic carbocycles. The van der Waals surface area contributed by atoms with Crippen LogP contribution in [0.3, 0.4) is 0 Å². The van der Waals surface area contributed by atoms with E-state index in [4.69, 9.17) is 4.74 Å². The Balaban J connectivity index is 1.81. The maximum absolute atomic E-state index is 12.9. The van der Waals surface area contributed by atoms with Crippen LogP contribution in [0, 0.1) is 13.8 Å². The van der Waals surface area contributed by atoms with Crippen molar-refractivity contribution in [3.63, 3.8) is 0 Å². The Kier molecular flexibility index (Phi) is 4.38. The van der Waals surface area contributed by atoms with E-state index in [0.29, 0.717) is 12.0 Å². The van der Waals surface area contributed by atoms with Crippen molar-refractivity contribution < 1.29 is 14.3 Å².